The summed E-state index contributed by atoms with van der Waals surface area (Å²) in [4.78, 5) is 8.33. The molecule has 1 aromatic heterocycles. The Kier molecular flexibility index (Phi) is 8.74. The highest BCUT2D eigenvalue weighted by Crippen LogP contribution is 2.16. The van der Waals surface area contributed by atoms with Crippen LogP contribution in [0, 0.1) is 18.6 Å². The van der Waals surface area contributed by atoms with E-state index in [1.807, 2.05) is 19.9 Å². The number of guanidine groups is 1. The van der Waals surface area contributed by atoms with Gasteiger partial charge in [-0.15, -0.1) is 24.0 Å². The van der Waals surface area contributed by atoms with Crippen LogP contribution in [0.5, 0.6) is 0 Å². The number of nitrogens with zero attached hydrogens (tertiary/aromatic N) is 2. The normalized spacial score (nSPS) is 12.3. The van der Waals surface area contributed by atoms with Gasteiger partial charge in [0.05, 0.1) is 18.3 Å². The molecule has 0 spiro atoms. The van der Waals surface area contributed by atoms with E-state index in [0.29, 0.717) is 18.1 Å². The highest BCUT2D eigenvalue weighted by molar-refractivity contribution is 14.0. The van der Waals surface area contributed by atoms with E-state index in [0.717, 1.165) is 5.56 Å². The molecule has 4 nitrogen and oxygen atoms in total. The van der Waals surface area contributed by atoms with E-state index in [1.54, 1.807) is 19.1 Å². The number of halogens is 3. The van der Waals surface area contributed by atoms with Crippen LogP contribution in [0.3, 0.4) is 0 Å². The molecule has 2 aromatic rings. The van der Waals surface area contributed by atoms with Crippen LogP contribution in [0.25, 0.3) is 0 Å². The predicted octanol–water partition coefficient (Wildman–Crippen LogP) is 4.10. The van der Waals surface area contributed by atoms with Crippen LogP contribution in [0.4, 0.5) is 8.78 Å². The first-order chi connectivity index (χ1) is 11.5. The zero-order valence-corrected chi connectivity index (χ0v) is 16.8. The first-order valence-corrected chi connectivity index (χ1v) is 7.91. The van der Waals surface area contributed by atoms with Gasteiger partial charge >= 0.3 is 0 Å². The van der Waals surface area contributed by atoms with Crippen LogP contribution in [0.2, 0.25) is 0 Å². The number of nitrogens with one attached hydrogen (secondary N) is 2. The largest absolute Gasteiger partial charge is 0.357 e. The second-order valence-electron chi connectivity index (χ2n) is 5.50. The van der Waals surface area contributed by atoms with Crippen molar-refractivity contribution in [1.82, 2.24) is 15.6 Å². The van der Waals surface area contributed by atoms with Gasteiger partial charge in [-0.1, -0.05) is 12.1 Å². The molecule has 1 unspecified atom stereocenters. The number of benzene rings is 1. The maximum atomic E-state index is 13.7. The molecule has 25 heavy (non-hydrogen) atoms. The lowest BCUT2D eigenvalue weighted by atomic mass is 10.1. The summed E-state index contributed by atoms with van der Waals surface area (Å²) in [7, 11) is 0. The molecule has 0 bridgehead atoms. The Labute approximate surface area is 164 Å². The lowest BCUT2D eigenvalue weighted by Gasteiger charge is -2.18. The quantitative estimate of drug-likeness (QED) is 0.402. The summed E-state index contributed by atoms with van der Waals surface area (Å²) in [6, 6.07) is 7.88. The van der Waals surface area contributed by atoms with E-state index in [2.05, 4.69) is 20.6 Å². The van der Waals surface area contributed by atoms with Gasteiger partial charge in [-0.05, 0) is 50.1 Å². The summed E-state index contributed by atoms with van der Waals surface area (Å²) in [5, 5.41) is 6.29. The maximum Gasteiger partial charge on any atom is 0.192 e. The van der Waals surface area contributed by atoms with Crippen LogP contribution >= 0.6 is 24.0 Å². The van der Waals surface area contributed by atoms with Crippen molar-refractivity contribution in [3.05, 3.63) is 65.0 Å². The fourth-order valence-corrected chi connectivity index (χ4v) is 2.18. The molecular formula is C18H23F2IN4. The standard InChI is InChI=1S/C18H22F2N4.HI/c1-4-21-18(23-11-17-15(19)6-5-9-22-17)24-13(3)14-8-7-12(2)16(20)10-14;/h5-10,13H,4,11H2,1-3H3,(H2,21,23,24);1H. The van der Waals surface area contributed by atoms with Crippen LogP contribution in [-0.4, -0.2) is 17.5 Å². The Morgan fingerprint density at radius 2 is 2.00 bits per heavy atom. The SMILES string of the molecule is CCNC(=NCc1ncccc1F)NC(C)c1ccc(C)c(F)c1.I. The molecule has 2 rings (SSSR count). The van der Waals surface area contributed by atoms with Gasteiger partial charge in [-0.3, -0.25) is 4.98 Å². The van der Waals surface area contributed by atoms with Crippen LogP contribution in [-0.2, 0) is 6.54 Å². The first kappa shape index (κ1) is 21.3. The Hall–Kier alpha value is -1.77. The molecule has 1 heterocycles. The molecule has 1 atom stereocenters. The van der Waals surface area contributed by atoms with Crippen molar-refractivity contribution in [3.8, 4) is 0 Å². The zero-order chi connectivity index (χ0) is 17.5. The number of aryl methyl sites for hydroxylation is 1. The third-order valence-electron chi connectivity index (χ3n) is 3.61. The fourth-order valence-electron chi connectivity index (χ4n) is 2.18. The number of aliphatic imine (C=N–C) groups is 1. The highest BCUT2D eigenvalue weighted by Gasteiger charge is 2.10. The third kappa shape index (κ3) is 6.22. The van der Waals surface area contributed by atoms with Crippen LogP contribution < -0.4 is 10.6 Å². The molecule has 1 aromatic carbocycles. The van der Waals surface area contributed by atoms with Crippen LogP contribution in [0.1, 0.15) is 36.7 Å². The van der Waals surface area contributed by atoms with Crippen molar-refractivity contribution in [2.45, 2.75) is 33.4 Å². The molecule has 0 aliphatic heterocycles. The summed E-state index contributed by atoms with van der Waals surface area (Å²) in [5.74, 6) is -0.0968. The number of hydrogen-bond donors (Lipinski definition) is 2. The summed E-state index contributed by atoms with van der Waals surface area (Å²) in [5.41, 5.74) is 1.70. The van der Waals surface area contributed by atoms with Gasteiger partial charge in [0.2, 0.25) is 0 Å². The minimum absolute atomic E-state index is 0. The van der Waals surface area contributed by atoms with Gasteiger partial charge in [0, 0.05) is 12.7 Å². The maximum absolute atomic E-state index is 13.7. The molecule has 0 fully saturated rings. The molecule has 7 heteroatoms. The van der Waals surface area contributed by atoms with E-state index in [1.165, 1.54) is 18.3 Å². The highest BCUT2D eigenvalue weighted by atomic mass is 127. The zero-order valence-electron chi connectivity index (χ0n) is 14.5. The average Bonchev–Trinajstić information content (AvgIpc) is 2.56. The Morgan fingerprint density at radius 3 is 2.64 bits per heavy atom. The number of hydrogen-bond acceptors (Lipinski definition) is 2. The average molecular weight is 460 g/mol. The lowest BCUT2D eigenvalue weighted by Crippen LogP contribution is -2.38. The Balaban J connectivity index is 0.00000312. The van der Waals surface area contributed by atoms with E-state index in [4.69, 9.17) is 0 Å². The number of pyridine rings is 1. The Morgan fingerprint density at radius 1 is 1.24 bits per heavy atom. The molecule has 0 saturated carbocycles. The predicted molar refractivity (Wildman–Crippen MR) is 107 cm³/mol. The minimum atomic E-state index is -0.384. The lowest BCUT2D eigenvalue weighted by molar-refractivity contribution is 0.597. The van der Waals surface area contributed by atoms with Crippen molar-refractivity contribution in [1.29, 1.82) is 0 Å². The van der Waals surface area contributed by atoms with Gasteiger partial charge in [0.15, 0.2) is 5.96 Å². The first-order valence-electron chi connectivity index (χ1n) is 7.91. The van der Waals surface area contributed by atoms with E-state index < -0.39 is 0 Å². The smallest absolute Gasteiger partial charge is 0.192 e. The summed E-state index contributed by atoms with van der Waals surface area (Å²) >= 11 is 0. The fraction of sp³-hybridized carbons (Fsp3) is 0.333. The minimum Gasteiger partial charge on any atom is -0.357 e. The molecule has 0 saturated heterocycles. The monoisotopic (exact) mass is 460 g/mol. The molecular weight excluding hydrogens is 437 g/mol. The van der Waals surface area contributed by atoms with Gasteiger partial charge in [0.1, 0.15) is 11.6 Å². The second-order valence-corrected chi connectivity index (χ2v) is 5.50. The number of aromatic nitrogens is 1. The van der Waals surface area contributed by atoms with E-state index >= 15 is 0 Å². The van der Waals surface area contributed by atoms with Gasteiger partial charge < -0.3 is 10.6 Å². The molecule has 0 aliphatic carbocycles. The molecule has 0 radical (unpaired) electrons. The summed E-state index contributed by atoms with van der Waals surface area (Å²) in [6.07, 6.45) is 1.53. The van der Waals surface area contributed by atoms with Gasteiger partial charge in [-0.2, -0.15) is 0 Å². The van der Waals surface area contributed by atoms with E-state index in [9.17, 15) is 8.78 Å². The summed E-state index contributed by atoms with van der Waals surface area (Å²) in [6.45, 7) is 6.36. The van der Waals surface area contributed by atoms with Crippen molar-refractivity contribution in [3.63, 3.8) is 0 Å². The van der Waals surface area contributed by atoms with Crippen LogP contribution in [0.15, 0.2) is 41.5 Å². The molecule has 0 amide bonds. The molecule has 136 valence electrons. The topological polar surface area (TPSA) is 49.3 Å². The van der Waals surface area contributed by atoms with E-state index in [-0.39, 0.29) is 53.9 Å². The Bertz CT molecular complexity index is 722. The number of rotatable bonds is 5. The van der Waals surface area contributed by atoms with Crippen molar-refractivity contribution in [2.24, 2.45) is 4.99 Å². The molecule has 0 aliphatic rings. The van der Waals surface area contributed by atoms with Crippen molar-refractivity contribution >= 4 is 29.9 Å². The van der Waals surface area contributed by atoms with Crippen molar-refractivity contribution < 1.29 is 8.78 Å². The summed E-state index contributed by atoms with van der Waals surface area (Å²) < 4.78 is 27.3. The third-order valence-corrected chi connectivity index (χ3v) is 3.61. The molecule has 2 N–H and O–H groups in total. The van der Waals surface area contributed by atoms with Gasteiger partial charge in [-0.25, -0.2) is 13.8 Å². The van der Waals surface area contributed by atoms with Gasteiger partial charge in [0.25, 0.3) is 0 Å². The second kappa shape index (κ2) is 10.3. The van der Waals surface area contributed by atoms with Crippen molar-refractivity contribution in [2.75, 3.05) is 6.54 Å².